The molecule has 5 nitrogen and oxygen atoms in total. The molecule has 0 aromatic rings. The van der Waals surface area contributed by atoms with Crippen molar-refractivity contribution in [2.45, 2.75) is 33.2 Å². The standard InChI is InChI=1S/C12H21NO4/c1-8(2)9(3)12(16)13-4-5-17-7-10(13)6-11(14)15/h8-10H,4-7H2,1-3H3,(H,14,15). The number of rotatable bonds is 4. The first-order valence-electron chi connectivity index (χ1n) is 6.03. The SMILES string of the molecule is CC(C)C(C)C(=O)N1CCOCC1CC(=O)O. The number of hydrogen-bond donors (Lipinski definition) is 1. The number of carboxylic acids is 1. The lowest BCUT2D eigenvalue weighted by molar-refractivity contribution is -0.149. The number of amides is 1. The van der Waals surface area contributed by atoms with Crippen LogP contribution < -0.4 is 0 Å². The minimum atomic E-state index is -0.893. The third-order valence-corrected chi connectivity index (χ3v) is 3.31. The average Bonchev–Trinajstić information content (AvgIpc) is 2.27. The number of morpholine rings is 1. The Kier molecular flexibility index (Phi) is 4.93. The van der Waals surface area contributed by atoms with E-state index in [0.29, 0.717) is 19.8 Å². The Morgan fingerprint density at radius 3 is 2.59 bits per heavy atom. The largest absolute Gasteiger partial charge is 0.481 e. The fourth-order valence-electron chi connectivity index (χ4n) is 1.86. The zero-order chi connectivity index (χ0) is 13.0. The number of aliphatic carboxylic acids is 1. The Hall–Kier alpha value is -1.10. The van der Waals surface area contributed by atoms with Crippen LogP contribution in [0.1, 0.15) is 27.2 Å². The maximum atomic E-state index is 12.2. The molecule has 1 aliphatic rings. The third kappa shape index (κ3) is 3.70. The smallest absolute Gasteiger partial charge is 0.305 e. The molecule has 1 saturated heterocycles. The van der Waals surface area contributed by atoms with Crippen molar-refractivity contribution in [3.05, 3.63) is 0 Å². The second kappa shape index (κ2) is 6.00. The summed E-state index contributed by atoms with van der Waals surface area (Å²) in [6.07, 6.45) is -0.0451. The van der Waals surface area contributed by atoms with Gasteiger partial charge < -0.3 is 14.7 Å². The lowest BCUT2D eigenvalue weighted by Gasteiger charge is -2.37. The van der Waals surface area contributed by atoms with Crippen molar-refractivity contribution in [3.8, 4) is 0 Å². The molecule has 0 spiro atoms. The predicted molar refractivity (Wildman–Crippen MR) is 62.6 cm³/mol. The van der Waals surface area contributed by atoms with Gasteiger partial charge in [-0.1, -0.05) is 20.8 Å². The van der Waals surface area contributed by atoms with E-state index in [-0.39, 0.29) is 30.2 Å². The predicted octanol–water partition coefficient (Wildman–Crippen LogP) is 0.981. The highest BCUT2D eigenvalue weighted by Crippen LogP contribution is 2.18. The number of carbonyl (C=O) groups is 2. The van der Waals surface area contributed by atoms with Gasteiger partial charge in [0.05, 0.1) is 25.7 Å². The molecule has 0 saturated carbocycles. The van der Waals surface area contributed by atoms with Crippen molar-refractivity contribution in [3.63, 3.8) is 0 Å². The van der Waals surface area contributed by atoms with Crippen LogP contribution in [0.3, 0.4) is 0 Å². The Balaban J connectivity index is 2.70. The van der Waals surface area contributed by atoms with Crippen LogP contribution in [0.15, 0.2) is 0 Å². The van der Waals surface area contributed by atoms with Gasteiger partial charge in [0.15, 0.2) is 0 Å². The normalized spacial score (nSPS) is 22.6. The van der Waals surface area contributed by atoms with E-state index in [1.807, 2.05) is 20.8 Å². The minimum Gasteiger partial charge on any atom is -0.481 e. The molecule has 1 aliphatic heterocycles. The summed E-state index contributed by atoms with van der Waals surface area (Å²) in [6, 6.07) is -0.324. The molecular weight excluding hydrogens is 222 g/mol. The molecule has 1 rings (SSSR count). The molecule has 1 fully saturated rings. The molecule has 0 bridgehead atoms. The summed E-state index contributed by atoms with van der Waals surface area (Å²) in [5.74, 6) is -0.676. The zero-order valence-corrected chi connectivity index (χ0v) is 10.7. The third-order valence-electron chi connectivity index (χ3n) is 3.31. The highest BCUT2D eigenvalue weighted by molar-refractivity contribution is 5.80. The molecule has 0 aromatic carbocycles. The van der Waals surface area contributed by atoms with Crippen molar-refractivity contribution in [1.82, 2.24) is 4.90 Å². The summed E-state index contributed by atoms with van der Waals surface area (Å²) in [7, 11) is 0. The van der Waals surface area contributed by atoms with Gasteiger partial charge in [-0.3, -0.25) is 9.59 Å². The molecule has 0 radical (unpaired) electrons. The van der Waals surface area contributed by atoms with Crippen LogP contribution in [0, 0.1) is 11.8 Å². The van der Waals surface area contributed by atoms with Crippen LogP contribution in [-0.2, 0) is 14.3 Å². The highest BCUT2D eigenvalue weighted by Gasteiger charge is 2.32. The fraction of sp³-hybridized carbons (Fsp3) is 0.833. The Morgan fingerprint density at radius 2 is 2.06 bits per heavy atom. The molecule has 0 aliphatic carbocycles. The van der Waals surface area contributed by atoms with Crippen LogP contribution in [0.5, 0.6) is 0 Å². The molecule has 1 amide bonds. The monoisotopic (exact) mass is 243 g/mol. The van der Waals surface area contributed by atoms with Crippen molar-refractivity contribution < 1.29 is 19.4 Å². The zero-order valence-electron chi connectivity index (χ0n) is 10.7. The maximum absolute atomic E-state index is 12.2. The van der Waals surface area contributed by atoms with Gasteiger partial charge >= 0.3 is 5.97 Å². The van der Waals surface area contributed by atoms with E-state index < -0.39 is 5.97 Å². The molecule has 2 atom stereocenters. The first-order chi connectivity index (χ1) is 7.93. The molecular formula is C12H21NO4. The lowest BCUT2D eigenvalue weighted by atomic mass is 9.95. The summed E-state index contributed by atoms with van der Waals surface area (Å²) < 4.78 is 5.25. The quantitative estimate of drug-likeness (QED) is 0.799. The van der Waals surface area contributed by atoms with Crippen LogP contribution in [0.4, 0.5) is 0 Å². The number of nitrogens with zero attached hydrogens (tertiary/aromatic N) is 1. The maximum Gasteiger partial charge on any atom is 0.305 e. The topological polar surface area (TPSA) is 66.8 Å². The van der Waals surface area contributed by atoms with E-state index in [1.54, 1.807) is 4.90 Å². The van der Waals surface area contributed by atoms with Crippen molar-refractivity contribution in [2.24, 2.45) is 11.8 Å². The second-order valence-corrected chi connectivity index (χ2v) is 4.89. The van der Waals surface area contributed by atoms with Gasteiger partial charge in [0.25, 0.3) is 0 Å². The van der Waals surface area contributed by atoms with Gasteiger partial charge in [0.2, 0.25) is 5.91 Å². The van der Waals surface area contributed by atoms with Crippen LogP contribution in [-0.4, -0.2) is 47.7 Å². The summed E-state index contributed by atoms with van der Waals surface area (Å²) in [4.78, 5) is 24.6. The Bertz CT molecular complexity index is 290. The van der Waals surface area contributed by atoms with E-state index in [0.717, 1.165) is 0 Å². The molecule has 2 unspecified atom stereocenters. The van der Waals surface area contributed by atoms with Crippen molar-refractivity contribution >= 4 is 11.9 Å². The van der Waals surface area contributed by atoms with Crippen molar-refractivity contribution in [1.29, 1.82) is 0 Å². The van der Waals surface area contributed by atoms with E-state index in [9.17, 15) is 9.59 Å². The fourth-order valence-corrected chi connectivity index (χ4v) is 1.86. The highest BCUT2D eigenvalue weighted by atomic mass is 16.5. The van der Waals surface area contributed by atoms with Gasteiger partial charge in [0, 0.05) is 12.5 Å². The average molecular weight is 243 g/mol. The Labute approximate surface area is 102 Å². The molecule has 17 heavy (non-hydrogen) atoms. The second-order valence-electron chi connectivity index (χ2n) is 4.89. The van der Waals surface area contributed by atoms with Gasteiger partial charge in [-0.2, -0.15) is 0 Å². The number of ether oxygens (including phenoxy) is 1. The summed E-state index contributed by atoms with van der Waals surface area (Å²) in [5, 5.41) is 8.82. The van der Waals surface area contributed by atoms with E-state index in [4.69, 9.17) is 9.84 Å². The van der Waals surface area contributed by atoms with E-state index in [2.05, 4.69) is 0 Å². The van der Waals surface area contributed by atoms with Crippen LogP contribution in [0.2, 0.25) is 0 Å². The number of hydrogen-bond acceptors (Lipinski definition) is 3. The van der Waals surface area contributed by atoms with Gasteiger partial charge in [-0.15, -0.1) is 0 Å². The van der Waals surface area contributed by atoms with Gasteiger partial charge in [-0.25, -0.2) is 0 Å². The van der Waals surface area contributed by atoms with E-state index >= 15 is 0 Å². The number of carboxylic acid groups (broad SMARTS) is 1. The first kappa shape index (κ1) is 14.0. The molecule has 1 heterocycles. The minimum absolute atomic E-state index is 0.0366. The summed E-state index contributed by atoms with van der Waals surface area (Å²) in [6.45, 7) is 7.19. The molecule has 5 heteroatoms. The van der Waals surface area contributed by atoms with Gasteiger partial charge in [0.1, 0.15) is 0 Å². The van der Waals surface area contributed by atoms with Crippen molar-refractivity contribution in [2.75, 3.05) is 19.8 Å². The van der Waals surface area contributed by atoms with Gasteiger partial charge in [-0.05, 0) is 5.92 Å². The molecule has 0 aromatic heterocycles. The molecule has 98 valence electrons. The van der Waals surface area contributed by atoms with Crippen LogP contribution in [0.25, 0.3) is 0 Å². The first-order valence-corrected chi connectivity index (χ1v) is 6.03. The number of carbonyl (C=O) groups excluding carboxylic acids is 1. The Morgan fingerprint density at radius 1 is 1.41 bits per heavy atom. The summed E-state index contributed by atoms with van der Waals surface area (Å²) >= 11 is 0. The van der Waals surface area contributed by atoms with E-state index in [1.165, 1.54) is 0 Å². The lowest BCUT2D eigenvalue weighted by Crippen LogP contribution is -2.51. The summed E-state index contributed by atoms with van der Waals surface area (Å²) in [5.41, 5.74) is 0. The molecule has 1 N–H and O–H groups in total. The van der Waals surface area contributed by atoms with Crippen LogP contribution >= 0.6 is 0 Å².